The van der Waals surface area contributed by atoms with Gasteiger partial charge in [-0.1, -0.05) is 57.8 Å². The van der Waals surface area contributed by atoms with Gasteiger partial charge in [0, 0.05) is 11.4 Å². The van der Waals surface area contributed by atoms with Crippen molar-refractivity contribution in [1.82, 2.24) is 9.78 Å². The fraction of sp³-hybridized carbons (Fsp3) is 0.185. The number of carbonyl (C=O) groups excluding carboxylic acids is 2. The van der Waals surface area contributed by atoms with Gasteiger partial charge in [0.25, 0.3) is 11.7 Å². The van der Waals surface area contributed by atoms with Crippen LogP contribution in [-0.2, 0) is 16.1 Å². The van der Waals surface area contributed by atoms with Gasteiger partial charge in [-0.25, -0.2) is 0 Å². The van der Waals surface area contributed by atoms with Crippen molar-refractivity contribution >= 4 is 35.0 Å². The van der Waals surface area contributed by atoms with Gasteiger partial charge in [0.1, 0.15) is 0 Å². The van der Waals surface area contributed by atoms with Gasteiger partial charge in [-0.05, 0) is 68.9 Å². The highest BCUT2D eigenvalue weighted by Gasteiger charge is 2.28. The van der Waals surface area contributed by atoms with E-state index >= 15 is 0 Å². The smallest absolute Gasteiger partial charge is 0.359 e. The third-order valence-electron chi connectivity index (χ3n) is 5.49. The summed E-state index contributed by atoms with van der Waals surface area (Å²) >= 11 is 1.21. The van der Waals surface area contributed by atoms with Gasteiger partial charge in [0.15, 0.2) is 6.54 Å². The molecule has 4 rings (SSSR count). The number of thioether (sulfide) groups is 1. The zero-order chi connectivity index (χ0) is 25.7. The van der Waals surface area contributed by atoms with Crippen LogP contribution in [0.25, 0.3) is 11.4 Å². The zero-order valence-electron chi connectivity index (χ0n) is 20.9. The molecule has 10 heteroatoms. The summed E-state index contributed by atoms with van der Waals surface area (Å²) in [5.41, 5.74) is 5.58. The SMILES string of the molecule is Cc1ccc(NC(=O)CSc2nn(CC(=O)Nc3ccc(C)cc3)c(-c3ccc(C)cc3)[n+]2N)cc1.[Cl-]. The molecule has 0 unspecified atom stereocenters. The lowest BCUT2D eigenvalue weighted by Crippen LogP contribution is -3.00. The standard InChI is InChI=1S/C27H28N6O2S.ClH/c1-18-4-10-21(11-5-18)26-32(16-24(34)29-22-12-6-19(2)7-13-22)31-27(33(26)28)36-17-25(35)30-23-14-8-20(3)9-15-23;/h4-15H,16-17,28H2,1-3H3,(H-,29,30,34,35);1H. The van der Waals surface area contributed by atoms with Crippen LogP contribution >= 0.6 is 11.8 Å². The number of aromatic nitrogens is 3. The van der Waals surface area contributed by atoms with Crippen LogP contribution in [0, 0.1) is 20.8 Å². The second kappa shape index (κ2) is 12.4. The Labute approximate surface area is 226 Å². The van der Waals surface area contributed by atoms with Gasteiger partial charge < -0.3 is 23.0 Å². The van der Waals surface area contributed by atoms with Crippen LogP contribution in [0.3, 0.4) is 0 Å². The summed E-state index contributed by atoms with van der Waals surface area (Å²) in [4.78, 5) is 25.3. The lowest BCUT2D eigenvalue weighted by molar-refractivity contribution is -0.667. The molecule has 192 valence electrons. The molecular weight excluding hydrogens is 508 g/mol. The first-order valence-electron chi connectivity index (χ1n) is 11.5. The highest BCUT2D eigenvalue weighted by molar-refractivity contribution is 7.99. The van der Waals surface area contributed by atoms with Gasteiger partial charge in [0.2, 0.25) is 5.91 Å². The van der Waals surface area contributed by atoms with E-state index in [-0.39, 0.29) is 36.5 Å². The summed E-state index contributed by atoms with van der Waals surface area (Å²) in [6.07, 6.45) is 0. The van der Waals surface area contributed by atoms with E-state index in [9.17, 15) is 9.59 Å². The lowest BCUT2D eigenvalue weighted by atomic mass is 10.1. The molecule has 2 amide bonds. The molecule has 0 spiro atoms. The van der Waals surface area contributed by atoms with Crippen molar-refractivity contribution < 1.29 is 26.7 Å². The molecular formula is C27H29ClN6O2S. The third kappa shape index (κ3) is 7.34. The van der Waals surface area contributed by atoms with Crippen molar-refractivity contribution in [2.75, 3.05) is 22.2 Å². The number of halogens is 1. The number of nitrogens with zero attached hydrogens (tertiary/aromatic N) is 3. The molecule has 0 bridgehead atoms. The van der Waals surface area contributed by atoms with Crippen molar-refractivity contribution in [1.29, 1.82) is 0 Å². The second-order valence-electron chi connectivity index (χ2n) is 8.62. The molecule has 8 nitrogen and oxygen atoms in total. The molecule has 1 heterocycles. The van der Waals surface area contributed by atoms with Crippen molar-refractivity contribution in [3.8, 4) is 11.4 Å². The summed E-state index contributed by atoms with van der Waals surface area (Å²) < 4.78 is 2.99. The first-order valence-corrected chi connectivity index (χ1v) is 12.5. The number of anilines is 2. The summed E-state index contributed by atoms with van der Waals surface area (Å²) in [5.74, 6) is 6.70. The van der Waals surface area contributed by atoms with Crippen LogP contribution in [0.5, 0.6) is 0 Å². The predicted molar refractivity (Wildman–Crippen MR) is 143 cm³/mol. The van der Waals surface area contributed by atoms with Crippen molar-refractivity contribution in [3.63, 3.8) is 0 Å². The zero-order valence-corrected chi connectivity index (χ0v) is 22.4. The Kier molecular flexibility index (Phi) is 9.32. The first kappa shape index (κ1) is 27.8. The minimum atomic E-state index is -0.232. The van der Waals surface area contributed by atoms with Crippen LogP contribution in [0.2, 0.25) is 0 Å². The van der Waals surface area contributed by atoms with E-state index in [1.54, 1.807) is 4.68 Å². The maximum atomic E-state index is 12.8. The maximum absolute atomic E-state index is 12.8. The number of nitrogen functional groups attached to an aromatic ring is 1. The molecule has 0 aliphatic heterocycles. The third-order valence-corrected chi connectivity index (χ3v) is 6.43. The van der Waals surface area contributed by atoms with E-state index < -0.39 is 0 Å². The molecule has 1 aromatic heterocycles. The Bertz CT molecular complexity index is 1370. The van der Waals surface area contributed by atoms with E-state index in [1.807, 2.05) is 93.6 Å². The fourth-order valence-electron chi connectivity index (χ4n) is 3.55. The number of nitrogens with two attached hydrogens (primary N) is 1. The average molecular weight is 537 g/mol. The van der Waals surface area contributed by atoms with E-state index in [2.05, 4.69) is 15.7 Å². The average Bonchev–Trinajstić information content (AvgIpc) is 3.15. The summed E-state index contributed by atoms with van der Waals surface area (Å²) in [7, 11) is 0. The number of rotatable bonds is 8. The van der Waals surface area contributed by atoms with Gasteiger partial charge in [0.05, 0.1) is 16.4 Å². The Hall–Kier alpha value is -3.82. The fourth-order valence-corrected chi connectivity index (χ4v) is 4.26. The molecule has 0 saturated heterocycles. The van der Waals surface area contributed by atoms with Crippen molar-refractivity contribution in [3.05, 3.63) is 89.5 Å². The quantitative estimate of drug-likeness (QED) is 0.176. The Morgan fingerprint density at radius 2 is 1.27 bits per heavy atom. The van der Waals surface area contributed by atoms with Crippen LogP contribution in [0.15, 0.2) is 78.0 Å². The van der Waals surface area contributed by atoms with Gasteiger partial charge in [-0.15, -0.1) is 4.68 Å². The molecule has 4 N–H and O–H groups in total. The molecule has 0 radical (unpaired) electrons. The Morgan fingerprint density at radius 1 is 0.811 bits per heavy atom. The highest BCUT2D eigenvalue weighted by Crippen LogP contribution is 2.21. The summed E-state index contributed by atoms with van der Waals surface area (Å²) in [6, 6.07) is 23.0. The molecule has 0 aliphatic rings. The van der Waals surface area contributed by atoms with E-state index in [0.717, 1.165) is 27.9 Å². The number of hydrogen-bond donors (Lipinski definition) is 3. The topological polar surface area (TPSA) is 106 Å². The Balaban J connectivity index is 0.00000380. The summed E-state index contributed by atoms with van der Waals surface area (Å²) in [6.45, 7) is 5.94. The van der Waals surface area contributed by atoms with Gasteiger partial charge in [-0.3, -0.25) is 15.4 Å². The van der Waals surface area contributed by atoms with E-state index in [1.165, 1.54) is 16.4 Å². The molecule has 4 aromatic rings. The molecule has 3 aromatic carbocycles. The molecule has 0 aliphatic carbocycles. The van der Waals surface area contributed by atoms with Crippen LogP contribution in [0.4, 0.5) is 11.4 Å². The molecule has 0 fully saturated rings. The number of nitrogens with one attached hydrogen (secondary N) is 2. The van der Waals surface area contributed by atoms with Gasteiger partial charge >= 0.3 is 5.16 Å². The van der Waals surface area contributed by atoms with E-state index in [0.29, 0.717) is 16.7 Å². The number of hydrogen-bond acceptors (Lipinski definition) is 5. The highest BCUT2D eigenvalue weighted by atomic mass is 35.5. The number of carbonyl (C=O) groups is 2. The van der Waals surface area contributed by atoms with E-state index in [4.69, 9.17) is 5.84 Å². The molecule has 0 atom stereocenters. The number of aryl methyl sites for hydroxylation is 3. The monoisotopic (exact) mass is 536 g/mol. The Morgan fingerprint density at radius 3 is 1.78 bits per heavy atom. The minimum Gasteiger partial charge on any atom is -1.00 e. The van der Waals surface area contributed by atoms with Crippen molar-refractivity contribution in [2.45, 2.75) is 32.5 Å². The van der Waals surface area contributed by atoms with Crippen LogP contribution in [-0.4, -0.2) is 27.3 Å². The lowest BCUT2D eigenvalue weighted by Gasteiger charge is -2.05. The minimum absolute atomic E-state index is 0. The van der Waals surface area contributed by atoms with Crippen LogP contribution < -0.4 is 33.6 Å². The van der Waals surface area contributed by atoms with Crippen molar-refractivity contribution in [2.24, 2.45) is 0 Å². The largest absolute Gasteiger partial charge is 1.00 e. The normalized spacial score (nSPS) is 10.5. The maximum Gasteiger partial charge on any atom is 0.359 e. The number of benzene rings is 3. The predicted octanol–water partition coefficient (Wildman–Crippen LogP) is 0.850. The van der Waals surface area contributed by atoms with Crippen LogP contribution in [0.1, 0.15) is 16.7 Å². The molecule has 0 saturated carbocycles. The molecule has 37 heavy (non-hydrogen) atoms. The summed E-state index contributed by atoms with van der Waals surface area (Å²) in [5, 5.41) is 10.8. The number of amides is 2. The van der Waals surface area contributed by atoms with Gasteiger partial charge in [-0.2, -0.15) is 0 Å². The second-order valence-corrected chi connectivity index (χ2v) is 9.56. The first-order chi connectivity index (χ1) is 17.3.